The number of aryl methyl sites for hydroxylation is 3. The Morgan fingerprint density at radius 2 is 2.12 bits per heavy atom. The summed E-state index contributed by atoms with van der Waals surface area (Å²) in [5.74, 6) is 0. The minimum atomic E-state index is 0.124. The predicted molar refractivity (Wildman–Crippen MR) is 69.1 cm³/mol. The number of rotatable bonds is 3. The van der Waals surface area contributed by atoms with Crippen LogP contribution in [-0.4, -0.2) is 14.9 Å². The van der Waals surface area contributed by atoms with Gasteiger partial charge in [-0.2, -0.15) is 0 Å². The van der Waals surface area contributed by atoms with Crippen LogP contribution < -0.4 is 5.73 Å². The van der Waals surface area contributed by atoms with Crippen LogP contribution in [0.3, 0.4) is 0 Å². The van der Waals surface area contributed by atoms with Crippen LogP contribution in [0.15, 0.2) is 18.2 Å². The zero-order valence-electron chi connectivity index (χ0n) is 10.5. The molecule has 90 valence electrons. The van der Waals surface area contributed by atoms with Crippen molar-refractivity contribution >= 4 is 5.65 Å². The van der Waals surface area contributed by atoms with Crippen molar-refractivity contribution in [3.05, 3.63) is 35.3 Å². The molecule has 3 rings (SSSR count). The Morgan fingerprint density at radius 3 is 2.82 bits per heavy atom. The van der Waals surface area contributed by atoms with E-state index >= 15 is 0 Å². The number of imidazole rings is 1. The van der Waals surface area contributed by atoms with Crippen LogP contribution in [0, 0.1) is 13.8 Å². The zero-order valence-corrected chi connectivity index (χ0v) is 10.5. The van der Waals surface area contributed by atoms with Crippen molar-refractivity contribution < 1.29 is 0 Å². The molecule has 2 heterocycles. The molecule has 3 heteroatoms. The number of hydrogen-bond acceptors (Lipinski definition) is 2. The molecule has 0 aromatic carbocycles. The van der Waals surface area contributed by atoms with Gasteiger partial charge in [-0.1, -0.05) is 6.07 Å². The van der Waals surface area contributed by atoms with Crippen LogP contribution in [0.4, 0.5) is 0 Å². The van der Waals surface area contributed by atoms with Gasteiger partial charge in [0.05, 0.1) is 5.69 Å². The molecule has 0 unspecified atom stereocenters. The van der Waals surface area contributed by atoms with Crippen molar-refractivity contribution in [3.8, 4) is 0 Å². The van der Waals surface area contributed by atoms with Crippen LogP contribution in [0.5, 0.6) is 0 Å². The van der Waals surface area contributed by atoms with E-state index in [4.69, 9.17) is 5.73 Å². The summed E-state index contributed by atoms with van der Waals surface area (Å²) in [4.78, 5) is 4.62. The standard InChI is InChI=1S/C14H19N3/c1-10-4-3-5-13-16-11(2)12(17(10)13)6-7-14(15)8-9-14/h3-5H,6-9,15H2,1-2H3. The van der Waals surface area contributed by atoms with Crippen LogP contribution in [0.2, 0.25) is 0 Å². The SMILES string of the molecule is Cc1nc2cccc(C)n2c1CCC1(N)CC1. The molecule has 0 aliphatic heterocycles. The van der Waals surface area contributed by atoms with Gasteiger partial charge in [-0.3, -0.25) is 0 Å². The van der Waals surface area contributed by atoms with Gasteiger partial charge in [-0.15, -0.1) is 0 Å². The molecule has 0 amide bonds. The average Bonchev–Trinajstić information content (AvgIpc) is 2.91. The molecular weight excluding hydrogens is 210 g/mol. The molecule has 0 spiro atoms. The van der Waals surface area contributed by atoms with E-state index < -0.39 is 0 Å². The molecule has 0 saturated heterocycles. The lowest BCUT2D eigenvalue weighted by Crippen LogP contribution is -2.22. The summed E-state index contributed by atoms with van der Waals surface area (Å²) in [6, 6.07) is 6.26. The molecule has 0 bridgehead atoms. The minimum absolute atomic E-state index is 0.124. The summed E-state index contributed by atoms with van der Waals surface area (Å²) in [5, 5.41) is 0. The van der Waals surface area contributed by atoms with Crippen LogP contribution in [0.1, 0.15) is 36.3 Å². The molecule has 2 N–H and O–H groups in total. The van der Waals surface area contributed by atoms with Gasteiger partial charge in [0, 0.05) is 16.9 Å². The first-order chi connectivity index (χ1) is 8.09. The normalized spacial score (nSPS) is 17.6. The topological polar surface area (TPSA) is 43.3 Å². The van der Waals surface area contributed by atoms with E-state index in [2.05, 4.69) is 41.4 Å². The fraction of sp³-hybridized carbons (Fsp3) is 0.500. The lowest BCUT2D eigenvalue weighted by Gasteiger charge is -2.10. The van der Waals surface area contributed by atoms with Crippen LogP contribution in [0.25, 0.3) is 5.65 Å². The van der Waals surface area contributed by atoms with Gasteiger partial charge in [-0.25, -0.2) is 4.98 Å². The van der Waals surface area contributed by atoms with E-state index in [1.807, 2.05) is 0 Å². The highest BCUT2D eigenvalue weighted by atomic mass is 15.0. The summed E-state index contributed by atoms with van der Waals surface area (Å²) in [7, 11) is 0. The zero-order chi connectivity index (χ0) is 12.0. The van der Waals surface area contributed by atoms with Gasteiger partial charge in [0.2, 0.25) is 0 Å². The molecule has 0 radical (unpaired) electrons. The third-order valence-corrected chi connectivity index (χ3v) is 3.89. The summed E-state index contributed by atoms with van der Waals surface area (Å²) in [6.45, 7) is 4.23. The second kappa shape index (κ2) is 3.57. The number of nitrogens with zero attached hydrogens (tertiary/aromatic N) is 2. The second-order valence-electron chi connectivity index (χ2n) is 5.37. The fourth-order valence-electron chi connectivity index (χ4n) is 2.51. The summed E-state index contributed by atoms with van der Waals surface area (Å²) in [5.41, 5.74) is 11.1. The molecule has 1 fully saturated rings. The fourth-order valence-corrected chi connectivity index (χ4v) is 2.51. The first-order valence-corrected chi connectivity index (χ1v) is 6.31. The Balaban J connectivity index is 1.99. The van der Waals surface area contributed by atoms with Crippen molar-refractivity contribution in [3.63, 3.8) is 0 Å². The first-order valence-electron chi connectivity index (χ1n) is 6.31. The smallest absolute Gasteiger partial charge is 0.137 e. The Hall–Kier alpha value is -1.35. The van der Waals surface area contributed by atoms with Gasteiger partial charge in [0.1, 0.15) is 5.65 Å². The maximum Gasteiger partial charge on any atom is 0.137 e. The molecule has 1 aliphatic rings. The molecule has 2 aromatic rings. The van der Waals surface area contributed by atoms with Crippen molar-refractivity contribution in [2.24, 2.45) is 5.73 Å². The van der Waals surface area contributed by atoms with E-state index in [0.29, 0.717) is 0 Å². The van der Waals surface area contributed by atoms with Gasteiger partial charge in [0.15, 0.2) is 0 Å². The molecule has 1 saturated carbocycles. The average molecular weight is 229 g/mol. The number of hydrogen-bond donors (Lipinski definition) is 1. The first kappa shape index (κ1) is 10.8. The summed E-state index contributed by atoms with van der Waals surface area (Å²) < 4.78 is 2.26. The van der Waals surface area contributed by atoms with E-state index in [9.17, 15) is 0 Å². The van der Waals surface area contributed by atoms with Crippen molar-refractivity contribution in [2.75, 3.05) is 0 Å². The van der Waals surface area contributed by atoms with Gasteiger partial charge in [-0.05, 0) is 51.7 Å². The van der Waals surface area contributed by atoms with Crippen molar-refractivity contribution in [2.45, 2.75) is 45.1 Å². The van der Waals surface area contributed by atoms with Crippen LogP contribution >= 0.6 is 0 Å². The Bertz CT molecular complexity index is 564. The highest BCUT2D eigenvalue weighted by Gasteiger charge is 2.37. The third-order valence-electron chi connectivity index (χ3n) is 3.89. The lowest BCUT2D eigenvalue weighted by atomic mass is 10.1. The quantitative estimate of drug-likeness (QED) is 0.878. The molecule has 0 atom stereocenters. The largest absolute Gasteiger partial charge is 0.325 e. The molecule has 2 aromatic heterocycles. The van der Waals surface area contributed by atoms with E-state index in [1.54, 1.807) is 0 Å². The van der Waals surface area contributed by atoms with E-state index in [-0.39, 0.29) is 5.54 Å². The Kier molecular flexibility index (Phi) is 2.26. The maximum absolute atomic E-state index is 6.17. The molecular formula is C14H19N3. The van der Waals surface area contributed by atoms with E-state index in [0.717, 1.165) is 24.2 Å². The van der Waals surface area contributed by atoms with Crippen molar-refractivity contribution in [1.82, 2.24) is 9.38 Å². The molecule has 17 heavy (non-hydrogen) atoms. The highest BCUT2D eigenvalue weighted by Crippen LogP contribution is 2.36. The van der Waals surface area contributed by atoms with Gasteiger partial charge in [0.25, 0.3) is 0 Å². The van der Waals surface area contributed by atoms with E-state index in [1.165, 1.54) is 24.2 Å². The van der Waals surface area contributed by atoms with Gasteiger partial charge < -0.3 is 10.1 Å². The number of pyridine rings is 1. The third kappa shape index (κ3) is 1.84. The monoisotopic (exact) mass is 229 g/mol. The summed E-state index contributed by atoms with van der Waals surface area (Å²) in [6.07, 6.45) is 4.48. The Morgan fingerprint density at radius 1 is 1.35 bits per heavy atom. The highest BCUT2D eigenvalue weighted by molar-refractivity contribution is 5.45. The lowest BCUT2D eigenvalue weighted by molar-refractivity contribution is 0.599. The van der Waals surface area contributed by atoms with Crippen molar-refractivity contribution in [1.29, 1.82) is 0 Å². The Labute approximate surface area is 102 Å². The minimum Gasteiger partial charge on any atom is -0.325 e. The molecule has 3 nitrogen and oxygen atoms in total. The number of aromatic nitrogens is 2. The molecule has 1 aliphatic carbocycles. The summed E-state index contributed by atoms with van der Waals surface area (Å²) >= 11 is 0. The maximum atomic E-state index is 6.17. The number of nitrogens with two attached hydrogens (primary N) is 1. The van der Waals surface area contributed by atoms with Crippen LogP contribution in [-0.2, 0) is 6.42 Å². The number of fused-ring (bicyclic) bond motifs is 1. The predicted octanol–water partition coefficient (Wildman–Crippen LogP) is 2.38. The van der Waals surface area contributed by atoms with Gasteiger partial charge >= 0.3 is 0 Å². The second-order valence-corrected chi connectivity index (χ2v) is 5.37.